The van der Waals surface area contributed by atoms with Crippen molar-refractivity contribution in [2.75, 3.05) is 5.32 Å². The minimum Gasteiger partial charge on any atom is -0.322 e. The van der Waals surface area contributed by atoms with Crippen molar-refractivity contribution in [2.45, 2.75) is 6.92 Å². The van der Waals surface area contributed by atoms with Crippen molar-refractivity contribution in [3.63, 3.8) is 0 Å². The van der Waals surface area contributed by atoms with Gasteiger partial charge in [0.2, 0.25) is 0 Å². The number of carbonyl (C=O) groups is 1. The Morgan fingerprint density at radius 1 is 1.10 bits per heavy atom. The third-order valence-corrected chi connectivity index (χ3v) is 2.81. The molecule has 0 aliphatic heterocycles. The van der Waals surface area contributed by atoms with Crippen LogP contribution in [0.3, 0.4) is 0 Å². The van der Waals surface area contributed by atoms with Gasteiger partial charge in [0, 0.05) is 11.3 Å². The number of amides is 1. The number of nitriles is 1. The van der Waals surface area contributed by atoms with Crippen LogP contribution in [0.25, 0.3) is 6.08 Å². The summed E-state index contributed by atoms with van der Waals surface area (Å²) >= 11 is 0. The molecule has 2 aromatic carbocycles. The third-order valence-electron chi connectivity index (χ3n) is 2.81. The van der Waals surface area contributed by atoms with E-state index in [1.54, 1.807) is 31.2 Å². The van der Waals surface area contributed by atoms with Crippen molar-refractivity contribution in [2.24, 2.45) is 0 Å². The number of anilines is 1. The number of rotatable bonds is 3. The lowest BCUT2D eigenvalue weighted by atomic mass is 10.1. The topological polar surface area (TPSA) is 52.9 Å². The molecule has 20 heavy (non-hydrogen) atoms. The number of hydrogen-bond acceptors (Lipinski definition) is 2. The van der Waals surface area contributed by atoms with Crippen LogP contribution in [0, 0.1) is 11.3 Å². The Bertz CT molecular complexity index is 664. The van der Waals surface area contributed by atoms with Crippen LogP contribution in [-0.2, 0) is 4.79 Å². The molecule has 3 nitrogen and oxygen atoms in total. The standard InChI is InChI=1S/C17H14N2O/c1-13(11-14-5-3-2-4-6-14)17(20)19-16-9-7-15(12-18)8-10-16/h2-11H,1H3,(H,19,20)/b13-11+. The molecule has 0 bridgehead atoms. The van der Waals surface area contributed by atoms with Crippen LogP contribution in [0.5, 0.6) is 0 Å². The van der Waals surface area contributed by atoms with Crippen molar-refractivity contribution < 1.29 is 4.79 Å². The van der Waals surface area contributed by atoms with Gasteiger partial charge in [0.1, 0.15) is 0 Å². The molecule has 0 spiro atoms. The molecule has 0 atom stereocenters. The molecule has 0 fully saturated rings. The summed E-state index contributed by atoms with van der Waals surface area (Å²) in [5.41, 5.74) is 2.86. The normalized spacial score (nSPS) is 10.7. The van der Waals surface area contributed by atoms with Gasteiger partial charge in [-0.3, -0.25) is 4.79 Å². The molecular weight excluding hydrogens is 248 g/mol. The van der Waals surface area contributed by atoms with Crippen LogP contribution in [-0.4, -0.2) is 5.91 Å². The average molecular weight is 262 g/mol. The van der Waals surface area contributed by atoms with Gasteiger partial charge in [-0.25, -0.2) is 0 Å². The van der Waals surface area contributed by atoms with E-state index < -0.39 is 0 Å². The highest BCUT2D eigenvalue weighted by atomic mass is 16.1. The van der Waals surface area contributed by atoms with Crippen molar-refractivity contribution in [3.05, 3.63) is 71.3 Å². The zero-order chi connectivity index (χ0) is 14.4. The average Bonchev–Trinajstić information content (AvgIpc) is 2.49. The SMILES string of the molecule is C/C(=C\c1ccccc1)C(=O)Nc1ccc(C#N)cc1. The first-order valence-electron chi connectivity index (χ1n) is 6.24. The molecule has 2 aromatic rings. The lowest BCUT2D eigenvalue weighted by Gasteiger charge is -2.05. The Morgan fingerprint density at radius 3 is 2.35 bits per heavy atom. The van der Waals surface area contributed by atoms with Crippen molar-refractivity contribution >= 4 is 17.7 Å². The second-order valence-corrected chi connectivity index (χ2v) is 4.38. The molecular formula is C17H14N2O. The molecule has 0 saturated heterocycles. The molecule has 0 aliphatic carbocycles. The van der Waals surface area contributed by atoms with Crippen LogP contribution in [0.2, 0.25) is 0 Å². The van der Waals surface area contributed by atoms with Crippen LogP contribution >= 0.6 is 0 Å². The van der Waals surface area contributed by atoms with E-state index in [-0.39, 0.29) is 5.91 Å². The summed E-state index contributed by atoms with van der Waals surface area (Å²) in [5.74, 6) is -0.154. The second-order valence-electron chi connectivity index (χ2n) is 4.38. The Morgan fingerprint density at radius 2 is 1.75 bits per heavy atom. The highest BCUT2D eigenvalue weighted by molar-refractivity contribution is 6.06. The Balaban J connectivity index is 2.08. The summed E-state index contributed by atoms with van der Waals surface area (Å²) in [6.45, 7) is 1.77. The first-order chi connectivity index (χ1) is 9.69. The molecule has 0 unspecified atom stereocenters. The quantitative estimate of drug-likeness (QED) is 0.859. The van der Waals surface area contributed by atoms with Crippen molar-refractivity contribution in [1.29, 1.82) is 5.26 Å². The first-order valence-corrected chi connectivity index (χ1v) is 6.24. The molecule has 0 radical (unpaired) electrons. The number of nitrogens with zero attached hydrogens (tertiary/aromatic N) is 1. The van der Waals surface area contributed by atoms with E-state index in [0.717, 1.165) is 5.56 Å². The van der Waals surface area contributed by atoms with Gasteiger partial charge in [-0.15, -0.1) is 0 Å². The van der Waals surface area contributed by atoms with Crippen LogP contribution in [0.4, 0.5) is 5.69 Å². The van der Waals surface area contributed by atoms with Gasteiger partial charge in [0.05, 0.1) is 11.6 Å². The first kappa shape index (κ1) is 13.6. The Labute approximate surface area is 118 Å². The van der Waals surface area contributed by atoms with E-state index in [1.807, 2.05) is 42.5 Å². The zero-order valence-corrected chi connectivity index (χ0v) is 11.1. The molecule has 2 rings (SSSR count). The van der Waals surface area contributed by atoms with Crippen LogP contribution in [0.15, 0.2) is 60.2 Å². The van der Waals surface area contributed by atoms with Crippen molar-refractivity contribution in [1.82, 2.24) is 0 Å². The number of hydrogen-bond donors (Lipinski definition) is 1. The fourth-order valence-electron chi connectivity index (χ4n) is 1.72. The Kier molecular flexibility index (Phi) is 4.31. The molecule has 3 heteroatoms. The van der Waals surface area contributed by atoms with E-state index in [1.165, 1.54) is 0 Å². The zero-order valence-electron chi connectivity index (χ0n) is 11.1. The summed E-state index contributed by atoms with van der Waals surface area (Å²) in [6, 6.07) is 18.5. The fraction of sp³-hybridized carbons (Fsp3) is 0.0588. The fourth-order valence-corrected chi connectivity index (χ4v) is 1.72. The van der Waals surface area contributed by atoms with Gasteiger partial charge in [-0.05, 0) is 42.8 Å². The van der Waals surface area contributed by atoms with Gasteiger partial charge in [-0.2, -0.15) is 5.26 Å². The molecule has 1 amide bonds. The van der Waals surface area contributed by atoms with Crippen LogP contribution < -0.4 is 5.32 Å². The lowest BCUT2D eigenvalue weighted by Crippen LogP contribution is -2.12. The molecule has 0 aromatic heterocycles. The number of nitrogens with one attached hydrogen (secondary N) is 1. The molecule has 0 aliphatic rings. The van der Waals surface area contributed by atoms with Gasteiger partial charge >= 0.3 is 0 Å². The molecule has 0 saturated carbocycles. The lowest BCUT2D eigenvalue weighted by molar-refractivity contribution is -0.112. The maximum absolute atomic E-state index is 12.0. The summed E-state index contributed by atoms with van der Waals surface area (Å²) in [7, 11) is 0. The van der Waals surface area contributed by atoms with E-state index in [9.17, 15) is 4.79 Å². The van der Waals surface area contributed by atoms with E-state index >= 15 is 0 Å². The monoisotopic (exact) mass is 262 g/mol. The summed E-state index contributed by atoms with van der Waals surface area (Å²) in [4.78, 5) is 12.0. The van der Waals surface area contributed by atoms with Gasteiger partial charge in [0.15, 0.2) is 0 Å². The second kappa shape index (κ2) is 6.35. The minimum absolute atomic E-state index is 0.154. The smallest absolute Gasteiger partial charge is 0.251 e. The highest BCUT2D eigenvalue weighted by Gasteiger charge is 2.04. The molecule has 98 valence electrons. The third kappa shape index (κ3) is 3.56. The Hall–Kier alpha value is -2.86. The maximum Gasteiger partial charge on any atom is 0.251 e. The summed E-state index contributed by atoms with van der Waals surface area (Å²) in [5, 5.41) is 11.5. The summed E-state index contributed by atoms with van der Waals surface area (Å²) in [6.07, 6.45) is 1.83. The molecule has 1 N–H and O–H groups in total. The minimum atomic E-state index is -0.154. The van der Waals surface area contributed by atoms with Crippen molar-refractivity contribution in [3.8, 4) is 6.07 Å². The van der Waals surface area contributed by atoms with Gasteiger partial charge < -0.3 is 5.32 Å². The highest BCUT2D eigenvalue weighted by Crippen LogP contribution is 2.12. The van der Waals surface area contributed by atoms with Gasteiger partial charge in [0.25, 0.3) is 5.91 Å². The van der Waals surface area contributed by atoms with E-state index in [0.29, 0.717) is 16.8 Å². The summed E-state index contributed by atoms with van der Waals surface area (Å²) < 4.78 is 0. The van der Waals surface area contributed by atoms with Gasteiger partial charge in [-0.1, -0.05) is 30.3 Å². The maximum atomic E-state index is 12.0. The van der Waals surface area contributed by atoms with Crippen LogP contribution in [0.1, 0.15) is 18.1 Å². The predicted octanol–water partition coefficient (Wildman–Crippen LogP) is 3.60. The van der Waals surface area contributed by atoms with E-state index in [4.69, 9.17) is 5.26 Å². The largest absolute Gasteiger partial charge is 0.322 e. The van der Waals surface area contributed by atoms with E-state index in [2.05, 4.69) is 5.32 Å². The number of benzene rings is 2. The number of carbonyl (C=O) groups excluding carboxylic acids is 1. The predicted molar refractivity (Wildman–Crippen MR) is 79.9 cm³/mol. The molecule has 0 heterocycles.